The molecule has 158 valence electrons. The van der Waals surface area contributed by atoms with Crippen molar-refractivity contribution in [3.05, 3.63) is 65.7 Å². The van der Waals surface area contributed by atoms with Gasteiger partial charge in [-0.2, -0.15) is 13.2 Å². The van der Waals surface area contributed by atoms with Crippen LogP contribution in [0.3, 0.4) is 0 Å². The highest BCUT2D eigenvalue weighted by Gasteiger charge is 2.67. The first-order valence-electron chi connectivity index (χ1n) is 9.19. The number of halogens is 3. The van der Waals surface area contributed by atoms with E-state index in [4.69, 9.17) is 4.74 Å². The van der Waals surface area contributed by atoms with E-state index in [1.54, 1.807) is 59.9 Å². The fourth-order valence-corrected chi connectivity index (χ4v) is 3.05. The number of ether oxygens (including phenoxy) is 1. The Kier molecular flexibility index (Phi) is 5.82. The molecule has 0 saturated carbocycles. The van der Waals surface area contributed by atoms with E-state index >= 15 is 0 Å². The number of benzene rings is 2. The molecule has 1 aliphatic rings. The molecule has 1 heterocycles. The number of nitrogens with one attached hydrogen (secondary N) is 1. The van der Waals surface area contributed by atoms with Crippen molar-refractivity contribution in [3.63, 3.8) is 0 Å². The van der Waals surface area contributed by atoms with Crippen LogP contribution in [0.4, 0.5) is 13.2 Å². The maximum absolute atomic E-state index is 14.1. The molecule has 1 atom stereocenters. The van der Waals surface area contributed by atoms with Gasteiger partial charge in [-0.15, -0.1) is 0 Å². The predicted molar refractivity (Wildman–Crippen MR) is 104 cm³/mol. The average molecular weight is 419 g/mol. The lowest BCUT2D eigenvalue weighted by molar-refractivity contribution is -0.200. The Morgan fingerprint density at radius 1 is 1.13 bits per heavy atom. The zero-order chi connectivity index (χ0) is 21.9. The van der Waals surface area contributed by atoms with Gasteiger partial charge < -0.3 is 10.1 Å². The minimum Gasteiger partial charge on any atom is -0.497 e. The van der Waals surface area contributed by atoms with Gasteiger partial charge in [0.25, 0.3) is 5.91 Å². The molecule has 0 fully saturated rings. The van der Waals surface area contributed by atoms with Crippen molar-refractivity contribution in [2.45, 2.75) is 31.7 Å². The van der Waals surface area contributed by atoms with Gasteiger partial charge in [-0.1, -0.05) is 49.4 Å². The van der Waals surface area contributed by atoms with E-state index in [9.17, 15) is 22.8 Å². The Balaban J connectivity index is 2.09. The third kappa shape index (κ3) is 3.87. The van der Waals surface area contributed by atoms with Gasteiger partial charge in [-0.05, 0) is 17.7 Å². The van der Waals surface area contributed by atoms with Gasteiger partial charge in [0.05, 0.1) is 13.7 Å². The molecule has 0 radical (unpaired) electrons. The fraction of sp³-hybridized carbons (Fsp3) is 0.286. The van der Waals surface area contributed by atoms with Gasteiger partial charge in [-0.25, -0.2) is 4.99 Å². The molecule has 6 nitrogen and oxygen atoms in total. The van der Waals surface area contributed by atoms with Crippen LogP contribution in [0.1, 0.15) is 24.5 Å². The normalized spacial score (nSPS) is 18.9. The highest BCUT2D eigenvalue weighted by Crippen LogP contribution is 2.39. The van der Waals surface area contributed by atoms with Crippen LogP contribution in [0, 0.1) is 0 Å². The smallest absolute Gasteiger partial charge is 0.442 e. The second kappa shape index (κ2) is 8.17. The lowest BCUT2D eigenvalue weighted by Crippen LogP contribution is -2.63. The molecule has 0 aromatic heterocycles. The van der Waals surface area contributed by atoms with Crippen LogP contribution in [0.5, 0.6) is 5.75 Å². The molecule has 2 amide bonds. The number of carbonyl (C=O) groups excluding carboxylic acids is 2. The Morgan fingerprint density at radius 2 is 1.77 bits per heavy atom. The first-order chi connectivity index (χ1) is 14.2. The van der Waals surface area contributed by atoms with Crippen molar-refractivity contribution in [2.75, 3.05) is 7.11 Å². The summed E-state index contributed by atoms with van der Waals surface area (Å²) in [6.45, 7) is 1.24. The van der Waals surface area contributed by atoms with Crippen molar-refractivity contribution in [3.8, 4) is 5.75 Å². The summed E-state index contributed by atoms with van der Waals surface area (Å²) in [4.78, 5) is 29.7. The van der Waals surface area contributed by atoms with Gasteiger partial charge in [0, 0.05) is 12.0 Å². The zero-order valence-corrected chi connectivity index (χ0v) is 16.4. The lowest BCUT2D eigenvalue weighted by atomic mass is 10.1. The van der Waals surface area contributed by atoms with Gasteiger partial charge in [-0.3, -0.25) is 14.5 Å². The maximum atomic E-state index is 14.1. The van der Waals surface area contributed by atoms with Crippen LogP contribution < -0.4 is 10.1 Å². The molecule has 0 saturated heterocycles. The number of amides is 2. The SMILES string of the molecule is CCC(=O)N[C@@]1(C(F)(F)F)N=C(c2ccccc2)N(Cc2ccc(OC)cc2)C1=O. The van der Waals surface area contributed by atoms with Crippen LogP contribution in [-0.2, 0) is 16.1 Å². The van der Waals surface area contributed by atoms with E-state index in [0.29, 0.717) is 16.9 Å². The number of amidine groups is 1. The highest BCUT2D eigenvalue weighted by molar-refractivity contribution is 6.16. The van der Waals surface area contributed by atoms with Crippen LogP contribution in [0.15, 0.2) is 59.6 Å². The van der Waals surface area contributed by atoms with Gasteiger partial charge >= 0.3 is 11.8 Å². The quantitative estimate of drug-likeness (QED) is 0.781. The second-order valence-electron chi connectivity index (χ2n) is 6.65. The average Bonchev–Trinajstić information content (AvgIpc) is 3.02. The standard InChI is InChI=1S/C21H20F3N3O3/c1-3-17(28)25-20(21(22,23)24)19(29)27(13-14-9-11-16(30-2)12-10-14)18(26-20)15-7-5-4-6-8-15/h4-12H,3,13H2,1-2H3,(H,25,28)/t20-/m1/s1. The van der Waals surface area contributed by atoms with Crippen LogP contribution >= 0.6 is 0 Å². The third-order valence-corrected chi connectivity index (χ3v) is 4.67. The first kappa shape index (κ1) is 21.4. The summed E-state index contributed by atoms with van der Waals surface area (Å²) in [5.74, 6) is -1.87. The van der Waals surface area contributed by atoms with E-state index in [2.05, 4.69) is 4.99 Å². The number of rotatable bonds is 6. The summed E-state index contributed by atoms with van der Waals surface area (Å²) in [6, 6.07) is 14.7. The number of methoxy groups -OCH3 is 1. The minimum absolute atomic E-state index is 0.156. The summed E-state index contributed by atoms with van der Waals surface area (Å²) in [5.41, 5.74) is -2.46. The number of hydrogen-bond donors (Lipinski definition) is 1. The highest BCUT2D eigenvalue weighted by atomic mass is 19.4. The molecule has 0 unspecified atom stereocenters. The molecule has 0 bridgehead atoms. The van der Waals surface area contributed by atoms with E-state index in [-0.39, 0.29) is 18.8 Å². The van der Waals surface area contributed by atoms with Crippen LogP contribution in [0.25, 0.3) is 0 Å². The first-order valence-corrected chi connectivity index (χ1v) is 9.19. The Bertz CT molecular complexity index is 959. The zero-order valence-electron chi connectivity index (χ0n) is 16.4. The molecule has 0 spiro atoms. The monoisotopic (exact) mass is 419 g/mol. The van der Waals surface area contributed by atoms with Crippen LogP contribution in [-0.4, -0.2) is 41.5 Å². The van der Waals surface area contributed by atoms with Gasteiger partial charge in [0.1, 0.15) is 11.6 Å². The number of alkyl halides is 3. The Morgan fingerprint density at radius 3 is 2.30 bits per heavy atom. The molecule has 2 aromatic rings. The number of hydrogen-bond acceptors (Lipinski definition) is 4. The third-order valence-electron chi connectivity index (χ3n) is 4.67. The molecule has 30 heavy (non-hydrogen) atoms. The van der Waals surface area contributed by atoms with Crippen molar-refractivity contribution in [2.24, 2.45) is 4.99 Å². The van der Waals surface area contributed by atoms with Crippen LogP contribution in [0.2, 0.25) is 0 Å². The Labute approximate surface area is 171 Å². The molecule has 1 N–H and O–H groups in total. The topological polar surface area (TPSA) is 71.0 Å². The summed E-state index contributed by atoms with van der Waals surface area (Å²) in [7, 11) is 1.49. The van der Waals surface area contributed by atoms with E-state index < -0.39 is 23.7 Å². The summed E-state index contributed by atoms with van der Waals surface area (Å²) >= 11 is 0. The molecule has 0 aliphatic carbocycles. The number of carbonyl (C=O) groups is 2. The van der Waals surface area contributed by atoms with Crippen molar-refractivity contribution in [1.82, 2.24) is 10.2 Å². The number of nitrogens with zero attached hydrogens (tertiary/aromatic N) is 2. The second-order valence-corrected chi connectivity index (χ2v) is 6.65. The molecule has 3 rings (SSSR count). The van der Waals surface area contributed by atoms with E-state index in [1.165, 1.54) is 14.0 Å². The van der Waals surface area contributed by atoms with E-state index in [1.807, 2.05) is 0 Å². The molecule has 9 heteroatoms. The van der Waals surface area contributed by atoms with Gasteiger partial charge in [0.15, 0.2) is 0 Å². The minimum atomic E-state index is -5.12. The molecule has 2 aromatic carbocycles. The molecule has 1 aliphatic heterocycles. The van der Waals surface area contributed by atoms with Crippen molar-refractivity contribution >= 4 is 17.6 Å². The Hall–Kier alpha value is -3.36. The summed E-state index contributed by atoms with van der Waals surface area (Å²) < 4.78 is 47.3. The largest absolute Gasteiger partial charge is 0.497 e. The summed E-state index contributed by atoms with van der Waals surface area (Å²) in [5, 5.41) is 1.80. The van der Waals surface area contributed by atoms with Gasteiger partial charge in [0.2, 0.25) is 5.91 Å². The summed E-state index contributed by atoms with van der Waals surface area (Å²) in [6.07, 6.45) is -5.34. The maximum Gasteiger partial charge on any atom is 0.442 e. The lowest BCUT2D eigenvalue weighted by Gasteiger charge is -2.29. The predicted octanol–water partition coefficient (Wildman–Crippen LogP) is 3.27. The van der Waals surface area contributed by atoms with Crippen molar-refractivity contribution in [1.29, 1.82) is 0 Å². The number of aliphatic imine (C=N–C) groups is 1. The molecular formula is C21H20F3N3O3. The fourth-order valence-electron chi connectivity index (χ4n) is 3.05. The van der Waals surface area contributed by atoms with E-state index in [0.717, 1.165) is 4.90 Å². The molecular weight excluding hydrogens is 399 g/mol. The van der Waals surface area contributed by atoms with Crippen molar-refractivity contribution < 1.29 is 27.5 Å².